The van der Waals surface area contributed by atoms with E-state index < -0.39 is 0 Å². The van der Waals surface area contributed by atoms with Crippen molar-refractivity contribution in [2.24, 2.45) is 5.73 Å². The molecule has 0 heterocycles. The van der Waals surface area contributed by atoms with Gasteiger partial charge >= 0.3 is 0 Å². The number of hydrogen-bond acceptors (Lipinski definition) is 1. The molecule has 1 aliphatic carbocycles. The molecule has 0 bridgehead atoms. The maximum absolute atomic E-state index is 5.14. The van der Waals surface area contributed by atoms with E-state index in [0.717, 1.165) is 6.54 Å². The van der Waals surface area contributed by atoms with Crippen LogP contribution in [0, 0.1) is 0 Å². The molecule has 1 aromatic carbocycles. The summed E-state index contributed by atoms with van der Waals surface area (Å²) < 4.78 is 0. The number of aryl methyl sites for hydroxylation is 2. The number of fused-ring (bicyclic) bond motifs is 1. The van der Waals surface area contributed by atoms with Gasteiger partial charge in [0.05, 0.1) is 0 Å². The van der Waals surface area contributed by atoms with Gasteiger partial charge in [0.15, 0.2) is 0 Å². The predicted octanol–water partition coefficient (Wildman–Crippen LogP) is 3.31. The van der Waals surface area contributed by atoms with E-state index >= 15 is 0 Å². The molecule has 0 atom stereocenters. The maximum atomic E-state index is 5.14. The van der Waals surface area contributed by atoms with Crippen molar-refractivity contribution in [2.75, 3.05) is 6.54 Å². The fraction of sp³-hybridized carbons (Fsp3) is 0.571. The molecule has 0 saturated heterocycles. The van der Waals surface area contributed by atoms with Gasteiger partial charge in [0.25, 0.3) is 0 Å². The van der Waals surface area contributed by atoms with Crippen molar-refractivity contribution in [3.63, 3.8) is 0 Å². The molecular formula is C14H23N. The van der Waals surface area contributed by atoms with Gasteiger partial charge in [0, 0.05) is 0 Å². The van der Waals surface area contributed by atoms with E-state index in [2.05, 4.69) is 31.2 Å². The summed E-state index contributed by atoms with van der Waals surface area (Å²) in [5.41, 5.74) is 8.29. The molecule has 0 spiro atoms. The smallest absolute Gasteiger partial charge is 0.00774 e. The first-order valence-corrected chi connectivity index (χ1v) is 6.15. The Labute approximate surface area is 93.7 Å². The van der Waals surface area contributed by atoms with Gasteiger partial charge in [-0.3, -0.25) is 0 Å². The minimum Gasteiger partial charge on any atom is -0.330 e. The Morgan fingerprint density at radius 3 is 1.93 bits per heavy atom. The zero-order valence-corrected chi connectivity index (χ0v) is 9.84. The quantitative estimate of drug-likeness (QED) is 0.787. The average Bonchev–Trinajstić information content (AvgIpc) is 2.31. The highest BCUT2D eigenvalue weighted by Crippen LogP contribution is 2.19. The third-order valence-corrected chi connectivity index (χ3v) is 2.82. The number of nitrogens with two attached hydrogens (primary N) is 1. The summed E-state index contributed by atoms with van der Waals surface area (Å²) in [5, 5.41) is 0. The molecule has 0 radical (unpaired) electrons. The fourth-order valence-electron chi connectivity index (χ4n) is 1.88. The SMILES string of the molecule is CCCCN.c1ccc2c(c1)CCCC2. The van der Waals surface area contributed by atoms with Crippen LogP contribution in [0.1, 0.15) is 43.7 Å². The zero-order chi connectivity index (χ0) is 10.9. The fourth-order valence-corrected chi connectivity index (χ4v) is 1.88. The van der Waals surface area contributed by atoms with Crippen molar-refractivity contribution in [2.45, 2.75) is 45.4 Å². The third kappa shape index (κ3) is 4.48. The topological polar surface area (TPSA) is 26.0 Å². The Balaban J connectivity index is 0.000000195. The first kappa shape index (κ1) is 12.3. The van der Waals surface area contributed by atoms with E-state index in [1.54, 1.807) is 11.1 Å². The largest absolute Gasteiger partial charge is 0.330 e. The minimum atomic E-state index is 0.844. The van der Waals surface area contributed by atoms with Gasteiger partial charge in [-0.1, -0.05) is 37.6 Å². The summed E-state index contributed by atoms with van der Waals surface area (Å²) in [6.45, 7) is 2.98. The van der Waals surface area contributed by atoms with Gasteiger partial charge in [0.2, 0.25) is 0 Å². The van der Waals surface area contributed by atoms with Crippen LogP contribution in [0.15, 0.2) is 24.3 Å². The van der Waals surface area contributed by atoms with Crippen molar-refractivity contribution in [1.29, 1.82) is 0 Å². The number of rotatable bonds is 2. The van der Waals surface area contributed by atoms with Crippen molar-refractivity contribution in [3.8, 4) is 0 Å². The summed E-state index contributed by atoms with van der Waals surface area (Å²) in [6.07, 6.45) is 7.76. The summed E-state index contributed by atoms with van der Waals surface area (Å²) in [7, 11) is 0. The standard InChI is InChI=1S/C10H12.C4H11N/c1-2-6-10-8-4-3-7-9(10)5-1;1-2-3-4-5/h1-2,5-6H,3-4,7-8H2;2-5H2,1H3. The second kappa shape index (κ2) is 7.47. The van der Waals surface area contributed by atoms with Crippen molar-refractivity contribution >= 4 is 0 Å². The van der Waals surface area contributed by atoms with Gasteiger partial charge in [-0.15, -0.1) is 0 Å². The first-order valence-electron chi connectivity index (χ1n) is 6.15. The van der Waals surface area contributed by atoms with E-state index in [1.165, 1.54) is 38.5 Å². The van der Waals surface area contributed by atoms with E-state index in [0.29, 0.717) is 0 Å². The number of unbranched alkanes of at least 4 members (excludes halogenated alkanes) is 1. The second-order valence-electron chi connectivity index (χ2n) is 4.12. The van der Waals surface area contributed by atoms with Gasteiger partial charge in [-0.2, -0.15) is 0 Å². The predicted molar refractivity (Wildman–Crippen MR) is 67.0 cm³/mol. The molecule has 0 unspecified atom stereocenters. The number of hydrogen-bond donors (Lipinski definition) is 1. The lowest BCUT2D eigenvalue weighted by Gasteiger charge is -2.13. The van der Waals surface area contributed by atoms with Crippen LogP contribution in [0.5, 0.6) is 0 Å². The normalized spacial score (nSPS) is 13.7. The highest BCUT2D eigenvalue weighted by molar-refractivity contribution is 5.28. The van der Waals surface area contributed by atoms with Crippen LogP contribution in [0.3, 0.4) is 0 Å². The van der Waals surface area contributed by atoms with Gasteiger partial charge in [0.1, 0.15) is 0 Å². The molecule has 1 aromatic rings. The van der Waals surface area contributed by atoms with Crippen LogP contribution in [0.2, 0.25) is 0 Å². The molecule has 1 nitrogen and oxygen atoms in total. The molecule has 2 rings (SSSR count). The molecule has 0 fully saturated rings. The minimum absolute atomic E-state index is 0.844. The van der Waals surface area contributed by atoms with E-state index in [9.17, 15) is 0 Å². The molecule has 0 amide bonds. The average molecular weight is 205 g/mol. The van der Waals surface area contributed by atoms with Gasteiger partial charge < -0.3 is 5.73 Å². The molecular weight excluding hydrogens is 182 g/mol. The van der Waals surface area contributed by atoms with Crippen LogP contribution >= 0.6 is 0 Å². The lowest BCUT2D eigenvalue weighted by atomic mass is 9.92. The highest BCUT2D eigenvalue weighted by Gasteiger charge is 2.05. The molecule has 1 aliphatic rings. The Hall–Kier alpha value is -0.820. The molecule has 0 aliphatic heterocycles. The van der Waals surface area contributed by atoms with Crippen LogP contribution in [0.25, 0.3) is 0 Å². The van der Waals surface area contributed by atoms with Crippen molar-refractivity contribution in [1.82, 2.24) is 0 Å². The molecule has 84 valence electrons. The van der Waals surface area contributed by atoms with E-state index in [-0.39, 0.29) is 0 Å². The number of benzene rings is 1. The highest BCUT2D eigenvalue weighted by atomic mass is 14.5. The summed E-state index contributed by atoms with van der Waals surface area (Å²) in [5.74, 6) is 0. The Morgan fingerprint density at radius 2 is 1.60 bits per heavy atom. The Bertz CT molecular complexity index is 241. The van der Waals surface area contributed by atoms with Gasteiger partial charge in [-0.05, 0) is 49.8 Å². The van der Waals surface area contributed by atoms with Crippen LogP contribution in [-0.4, -0.2) is 6.54 Å². The van der Waals surface area contributed by atoms with Crippen molar-refractivity contribution < 1.29 is 0 Å². The Morgan fingerprint density at radius 1 is 1.07 bits per heavy atom. The zero-order valence-electron chi connectivity index (χ0n) is 9.84. The maximum Gasteiger partial charge on any atom is -0.00774 e. The van der Waals surface area contributed by atoms with Crippen LogP contribution < -0.4 is 5.73 Å². The molecule has 15 heavy (non-hydrogen) atoms. The van der Waals surface area contributed by atoms with Crippen molar-refractivity contribution in [3.05, 3.63) is 35.4 Å². The van der Waals surface area contributed by atoms with Crippen LogP contribution in [-0.2, 0) is 12.8 Å². The van der Waals surface area contributed by atoms with E-state index in [1.807, 2.05) is 0 Å². The first-order chi connectivity index (χ1) is 7.38. The Kier molecular flexibility index (Phi) is 6.10. The molecule has 0 saturated carbocycles. The summed E-state index contributed by atoms with van der Waals surface area (Å²) in [6, 6.07) is 8.80. The molecule has 0 aromatic heterocycles. The monoisotopic (exact) mass is 205 g/mol. The molecule has 2 N–H and O–H groups in total. The van der Waals surface area contributed by atoms with Gasteiger partial charge in [-0.25, -0.2) is 0 Å². The van der Waals surface area contributed by atoms with E-state index in [4.69, 9.17) is 5.73 Å². The third-order valence-electron chi connectivity index (χ3n) is 2.82. The van der Waals surface area contributed by atoms with Crippen LogP contribution in [0.4, 0.5) is 0 Å². The second-order valence-corrected chi connectivity index (χ2v) is 4.12. The summed E-state index contributed by atoms with van der Waals surface area (Å²) >= 11 is 0. The summed E-state index contributed by atoms with van der Waals surface area (Å²) in [4.78, 5) is 0. The lowest BCUT2D eigenvalue weighted by Crippen LogP contribution is -2.00. The lowest BCUT2D eigenvalue weighted by molar-refractivity contribution is 0.685. The molecule has 1 heteroatoms.